The van der Waals surface area contributed by atoms with Crippen LogP contribution in [0.25, 0.3) is 0 Å². The minimum Gasteiger partial charge on any atom is -0.455 e. The van der Waals surface area contributed by atoms with E-state index in [-0.39, 0.29) is 5.70 Å². The van der Waals surface area contributed by atoms with Crippen LogP contribution in [0.2, 0.25) is 0 Å². The minimum atomic E-state index is -0.583. The molecule has 0 spiro atoms. The molecule has 0 aromatic carbocycles. The zero-order valence-electron chi connectivity index (χ0n) is 7.05. The number of carbonyl (C=O) groups is 1. The van der Waals surface area contributed by atoms with E-state index in [1.165, 1.54) is 0 Å². The molecule has 4 heteroatoms. The molecule has 0 fully saturated rings. The van der Waals surface area contributed by atoms with Crippen molar-refractivity contribution in [2.45, 2.75) is 26.4 Å². The smallest absolute Gasteiger partial charge is 0.356 e. The number of ether oxygens (including phenoxy) is 1. The Bertz CT molecular complexity index is 179. The maximum Gasteiger partial charge on any atom is 0.356 e. The second-order valence-electron chi connectivity index (χ2n) is 3.12. The third-order valence-electron chi connectivity index (χ3n) is 0.814. The van der Waals surface area contributed by atoms with Crippen LogP contribution in [0.1, 0.15) is 20.8 Å². The van der Waals surface area contributed by atoms with E-state index in [2.05, 4.69) is 0 Å². The Morgan fingerprint density at radius 1 is 1.45 bits per heavy atom. The van der Waals surface area contributed by atoms with Crippen LogP contribution in [-0.2, 0) is 9.53 Å². The van der Waals surface area contributed by atoms with Crippen LogP contribution in [0.5, 0.6) is 0 Å². The number of carbonyl (C=O) groups excluding carboxylic acids is 1. The van der Waals surface area contributed by atoms with Crippen molar-refractivity contribution in [3.63, 3.8) is 0 Å². The van der Waals surface area contributed by atoms with Gasteiger partial charge in [-0.2, -0.15) is 0 Å². The lowest BCUT2D eigenvalue weighted by atomic mass is 10.2. The molecule has 0 radical (unpaired) electrons. The predicted molar refractivity (Wildman–Crippen MR) is 42.3 cm³/mol. The van der Waals surface area contributed by atoms with Crippen molar-refractivity contribution < 1.29 is 9.53 Å². The maximum absolute atomic E-state index is 10.9. The van der Waals surface area contributed by atoms with Gasteiger partial charge in [0.1, 0.15) is 11.3 Å². The monoisotopic (exact) mass is 158 g/mol. The van der Waals surface area contributed by atoms with Gasteiger partial charge in [-0.05, 0) is 20.8 Å². The SMILES string of the molecule is CC(C)(C)OC(=O)C(N)=CN. The van der Waals surface area contributed by atoms with Crippen molar-refractivity contribution >= 4 is 5.97 Å². The highest BCUT2D eigenvalue weighted by Gasteiger charge is 2.17. The Hall–Kier alpha value is -1.19. The summed E-state index contributed by atoms with van der Waals surface area (Å²) in [6.07, 6.45) is 1.02. The quantitative estimate of drug-likeness (QED) is 0.418. The van der Waals surface area contributed by atoms with Crippen molar-refractivity contribution in [3.05, 3.63) is 11.9 Å². The molecule has 0 unspecified atom stereocenters. The van der Waals surface area contributed by atoms with Gasteiger partial charge in [0.2, 0.25) is 0 Å². The molecule has 0 aromatic heterocycles. The fourth-order valence-corrected chi connectivity index (χ4v) is 0.405. The van der Waals surface area contributed by atoms with E-state index in [1.807, 2.05) is 0 Å². The molecular weight excluding hydrogens is 144 g/mol. The summed E-state index contributed by atoms with van der Waals surface area (Å²) >= 11 is 0. The molecule has 64 valence electrons. The molecule has 0 saturated heterocycles. The van der Waals surface area contributed by atoms with Gasteiger partial charge >= 0.3 is 5.97 Å². The van der Waals surface area contributed by atoms with Gasteiger partial charge in [-0.25, -0.2) is 4.79 Å². The number of hydrogen-bond donors (Lipinski definition) is 2. The molecule has 0 aliphatic carbocycles. The van der Waals surface area contributed by atoms with Crippen LogP contribution in [0.4, 0.5) is 0 Å². The normalized spacial score (nSPS) is 12.8. The summed E-state index contributed by atoms with van der Waals surface area (Å²) in [4.78, 5) is 10.9. The van der Waals surface area contributed by atoms with Gasteiger partial charge < -0.3 is 16.2 Å². The molecule has 0 saturated carbocycles. The largest absolute Gasteiger partial charge is 0.455 e. The summed E-state index contributed by atoms with van der Waals surface area (Å²) in [5.41, 5.74) is 9.60. The van der Waals surface area contributed by atoms with E-state index in [9.17, 15) is 4.79 Å². The molecule has 0 amide bonds. The molecule has 0 rings (SSSR count). The first-order valence-electron chi connectivity index (χ1n) is 3.27. The van der Waals surface area contributed by atoms with Crippen LogP contribution < -0.4 is 11.5 Å². The summed E-state index contributed by atoms with van der Waals surface area (Å²) in [5.74, 6) is -0.583. The van der Waals surface area contributed by atoms with Crippen LogP contribution in [0, 0.1) is 0 Å². The first kappa shape index (κ1) is 9.81. The standard InChI is InChI=1S/C7H14N2O2/c1-7(2,3)11-6(10)5(9)4-8/h4H,8-9H2,1-3H3. The van der Waals surface area contributed by atoms with Crippen LogP contribution in [0.15, 0.2) is 11.9 Å². The maximum atomic E-state index is 10.9. The Kier molecular flexibility index (Phi) is 2.92. The van der Waals surface area contributed by atoms with Crippen molar-refractivity contribution in [1.29, 1.82) is 0 Å². The van der Waals surface area contributed by atoms with Gasteiger partial charge in [-0.3, -0.25) is 0 Å². The lowest BCUT2D eigenvalue weighted by Crippen LogP contribution is -2.27. The number of hydrogen-bond acceptors (Lipinski definition) is 4. The number of esters is 1. The number of nitrogens with two attached hydrogens (primary N) is 2. The first-order chi connectivity index (χ1) is 4.87. The molecular formula is C7H14N2O2. The van der Waals surface area contributed by atoms with Gasteiger partial charge in [-0.15, -0.1) is 0 Å². The third-order valence-corrected chi connectivity index (χ3v) is 0.814. The average Bonchev–Trinajstić information content (AvgIpc) is 1.82. The van der Waals surface area contributed by atoms with Crippen molar-refractivity contribution in [2.75, 3.05) is 0 Å². The summed E-state index contributed by atoms with van der Waals surface area (Å²) in [7, 11) is 0. The molecule has 11 heavy (non-hydrogen) atoms. The Labute approximate surface area is 66.2 Å². The van der Waals surface area contributed by atoms with Gasteiger partial charge in [0, 0.05) is 6.20 Å². The van der Waals surface area contributed by atoms with E-state index in [0.717, 1.165) is 6.20 Å². The van der Waals surface area contributed by atoms with E-state index in [1.54, 1.807) is 20.8 Å². The zero-order chi connectivity index (χ0) is 9.07. The van der Waals surface area contributed by atoms with Gasteiger partial charge in [0.25, 0.3) is 0 Å². The third kappa shape index (κ3) is 4.25. The highest BCUT2D eigenvalue weighted by molar-refractivity contribution is 5.87. The van der Waals surface area contributed by atoms with Crippen molar-refractivity contribution in [2.24, 2.45) is 11.5 Å². The predicted octanol–water partition coefficient (Wildman–Crippen LogP) is 0.0869. The van der Waals surface area contributed by atoms with Crippen LogP contribution in [0.3, 0.4) is 0 Å². The van der Waals surface area contributed by atoms with E-state index < -0.39 is 11.6 Å². The van der Waals surface area contributed by atoms with Crippen LogP contribution in [-0.4, -0.2) is 11.6 Å². The second kappa shape index (κ2) is 3.27. The van der Waals surface area contributed by atoms with Crippen LogP contribution >= 0.6 is 0 Å². The topological polar surface area (TPSA) is 78.3 Å². The Morgan fingerprint density at radius 3 is 2.18 bits per heavy atom. The summed E-state index contributed by atoms with van der Waals surface area (Å²) < 4.78 is 4.88. The lowest BCUT2D eigenvalue weighted by molar-refractivity contribution is -0.149. The van der Waals surface area contributed by atoms with Gasteiger partial charge in [-0.1, -0.05) is 0 Å². The molecule has 0 aromatic rings. The second-order valence-corrected chi connectivity index (χ2v) is 3.12. The molecule has 0 atom stereocenters. The summed E-state index contributed by atoms with van der Waals surface area (Å²) in [6.45, 7) is 5.28. The minimum absolute atomic E-state index is 0.0695. The van der Waals surface area contributed by atoms with E-state index in [4.69, 9.17) is 16.2 Å². The van der Waals surface area contributed by atoms with Crippen molar-refractivity contribution in [3.8, 4) is 0 Å². The Morgan fingerprint density at radius 2 is 1.91 bits per heavy atom. The molecule has 0 aliphatic rings. The fourth-order valence-electron chi connectivity index (χ4n) is 0.405. The van der Waals surface area contributed by atoms with Gasteiger partial charge in [0.15, 0.2) is 0 Å². The first-order valence-corrected chi connectivity index (χ1v) is 3.27. The lowest BCUT2D eigenvalue weighted by Gasteiger charge is -2.19. The Balaban J connectivity index is 4.10. The van der Waals surface area contributed by atoms with Crippen molar-refractivity contribution in [1.82, 2.24) is 0 Å². The fraction of sp³-hybridized carbons (Fsp3) is 0.571. The summed E-state index contributed by atoms with van der Waals surface area (Å²) in [6, 6.07) is 0. The average molecular weight is 158 g/mol. The molecule has 0 aliphatic heterocycles. The van der Waals surface area contributed by atoms with E-state index >= 15 is 0 Å². The highest BCUT2D eigenvalue weighted by Crippen LogP contribution is 2.08. The van der Waals surface area contributed by atoms with E-state index in [0.29, 0.717) is 0 Å². The molecule has 0 heterocycles. The van der Waals surface area contributed by atoms with Gasteiger partial charge in [0.05, 0.1) is 0 Å². The highest BCUT2D eigenvalue weighted by atomic mass is 16.6. The molecule has 4 N–H and O–H groups in total. The summed E-state index contributed by atoms with van der Waals surface area (Å²) in [5, 5.41) is 0. The number of rotatable bonds is 1. The zero-order valence-corrected chi connectivity index (χ0v) is 7.05. The molecule has 0 bridgehead atoms. The molecule has 4 nitrogen and oxygen atoms in total.